The van der Waals surface area contributed by atoms with Crippen LogP contribution in [0, 0.1) is 6.92 Å². The van der Waals surface area contributed by atoms with Crippen molar-refractivity contribution in [1.29, 1.82) is 0 Å². The number of rotatable bonds is 3. The van der Waals surface area contributed by atoms with Gasteiger partial charge in [0.2, 0.25) is 0 Å². The molecule has 6 nitrogen and oxygen atoms in total. The highest BCUT2D eigenvalue weighted by molar-refractivity contribution is 6.10. The van der Waals surface area contributed by atoms with Crippen LogP contribution in [-0.2, 0) is 17.6 Å². The molecule has 0 saturated carbocycles. The van der Waals surface area contributed by atoms with Crippen molar-refractivity contribution in [3.8, 4) is 22.6 Å². The Hall–Kier alpha value is -3.64. The Labute approximate surface area is 198 Å². The second kappa shape index (κ2) is 8.95. The van der Waals surface area contributed by atoms with Crippen molar-refractivity contribution in [2.45, 2.75) is 46.1 Å². The SMILES string of the molecule is CC(C)(C)O.Cc1c(CC(=O)O)c(-c2ccc3c4c(ccnc24)CCO3)c2ccccc2c1O. The number of carboxylic acids is 1. The zero-order valence-corrected chi connectivity index (χ0v) is 19.8. The van der Waals surface area contributed by atoms with Gasteiger partial charge in [-0.15, -0.1) is 0 Å². The van der Waals surface area contributed by atoms with Gasteiger partial charge in [-0.05, 0) is 73.5 Å². The zero-order valence-electron chi connectivity index (χ0n) is 19.8. The summed E-state index contributed by atoms with van der Waals surface area (Å²) in [6, 6.07) is 13.4. The van der Waals surface area contributed by atoms with Crippen LogP contribution in [0.5, 0.6) is 11.5 Å². The van der Waals surface area contributed by atoms with E-state index in [-0.39, 0.29) is 12.2 Å². The van der Waals surface area contributed by atoms with Crippen LogP contribution in [0.25, 0.3) is 32.8 Å². The van der Waals surface area contributed by atoms with Crippen molar-refractivity contribution in [3.05, 3.63) is 65.4 Å². The molecule has 0 unspecified atom stereocenters. The van der Waals surface area contributed by atoms with Gasteiger partial charge in [0.05, 0.1) is 24.1 Å². The van der Waals surface area contributed by atoms with E-state index in [1.165, 1.54) is 5.56 Å². The summed E-state index contributed by atoms with van der Waals surface area (Å²) in [7, 11) is 0. The summed E-state index contributed by atoms with van der Waals surface area (Å²) in [5.74, 6) is -0.0135. The molecule has 0 spiro atoms. The predicted molar refractivity (Wildman–Crippen MR) is 134 cm³/mol. The lowest BCUT2D eigenvalue weighted by Crippen LogP contribution is -2.10. The molecule has 2 heterocycles. The summed E-state index contributed by atoms with van der Waals surface area (Å²) in [5, 5.41) is 31.3. The van der Waals surface area contributed by atoms with Crippen LogP contribution in [0.3, 0.4) is 0 Å². The van der Waals surface area contributed by atoms with Crippen molar-refractivity contribution >= 4 is 27.6 Å². The number of ether oxygens (including phenoxy) is 1. The summed E-state index contributed by atoms with van der Waals surface area (Å²) in [6.45, 7) is 7.63. The van der Waals surface area contributed by atoms with Gasteiger partial charge in [-0.2, -0.15) is 0 Å². The minimum absolute atomic E-state index is 0.125. The highest BCUT2D eigenvalue weighted by Gasteiger charge is 2.23. The number of fused-ring (bicyclic) bond motifs is 1. The molecule has 0 aliphatic carbocycles. The molecule has 6 heteroatoms. The van der Waals surface area contributed by atoms with E-state index in [0.29, 0.717) is 23.1 Å². The van der Waals surface area contributed by atoms with Gasteiger partial charge in [0.25, 0.3) is 0 Å². The smallest absolute Gasteiger partial charge is 0.307 e. The van der Waals surface area contributed by atoms with Gasteiger partial charge >= 0.3 is 5.97 Å². The van der Waals surface area contributed by atoms with Crippen molar-refractivity contribution in [1.82, 2.24) is 4.98 Å². The quantitative estimate of drug-likeness (QED) is 0.379. The lowest BCUT2D eigenvalue weighted by molar-refractivity contribution is -0.136. The minimum Gasteiger partial charge on any atom is -0.507 e. The second-order valence-corrected chi connectivity index (χ2v) is 9.52. The highest BCUT2D eigenvalue weighted by Crippen LogP contribution is 2.45. The topological polar surface area (TPSA) is 99.9 Å². The third-order valence-corrected chi connectivity index (χ3v) is 5.73. The Kier molecular flexibility index (Phi) is 6.19. The van der Waals surface area contributed by atoms with Crippen molar-refractivity contribution in [2.75, 3.05) is 6.61 Å². The molecule has 1 aliphatic rings. The van der Waals surface area contributed by atoms with Gasteiger partial charge in [0.1, 0.15) is 11.5 Å². The number of aliphatic carboxylic acids is 1. The summed E-state index contributed by atoms with van der Waals surface area (Å²) in [5.41, 5.74) is 4.32. The molecule has 0 amide bonds. The third kappa shape index (κ3) is 4.54. The van der Waals surface area contributed by atoms with Crippen LogP contribution < -0.4 is 4.74 Å². The van der Waals surface area contributed by atoms with E-state index in [0.717, 1.165) is 39.6 Å². The Balaban J connectivity index is 0.000000499. The van der Waals surface area contributed by atoms with E-state index < -0.39 is 11.6 Å². The number of hydrogen-bond donors (Lipinski definition) is 3. The maximum absolute atomic E-state index is 11.7. The van der Waals surface area contributed by atoms with E-state index >= 15 is 0 Å². The van der Waals surface area contributed by atoms with Crippen LogP contribution >= 0.6 is 0 Å². The number of carboxylic acid groups (broad SMARTS) is 1. The Morgan fingerprint density at radius 3 is 2.44 bits per heavy atom. The van der Waals surface area contributed by atoms with Crippen LogP contribution in [0.4, 0.5) is 0 Å². The van der Waals surface area contributed by atoms with Crippen LogP contribution in [0.1, 0.15) is 37.5 Å². The number of benzene rings is 3. The fourth-order valence-corrected chi connectivity index (χ4v) is 4.39. The zero-order chi connectivity index (χ0) is 24.6. The number of carbonyl (C=O) groups is 1. The fraction of sp³-hybridized carbons (Fsp3) is 0.286. The van der Waals surface area contributed by atoms with E-state index in [1.54, 1.807) is 33.9 Å². The molecule has 176 valence electrons. The number of aromatic nitrogens is 1. The van der Waals surface area contributed by atoms with Gasteiger partial charge in [-0.25, -0.2) is 0 Å². The van der Waals surface area contributed by atoms with Gasteiger partial charge in [0, 0.05) is 29.0 Å². The molecule has 3 N–H and O–H groups in total. The first-order valence-electron chi connectivity index (χ1n) is 11.3. The predicted octanol–water partition coefficient (Wildman–Crippen LogP) is 5.41. The van der Waals surface area contributed by atoms with Gasteiger partial charge in [-0.1, -0.05) is 24.3 Å². The lowest BCUT2D eigenvalue weighted by atomic mass is 9.86. The molecule has 5 rings (SSSR count). The number of pyridine rings is 1. The number of nitrogens with zero attached hydrogens (tertiary/aromatic N) is 1. The number of phenols is 1. The summed E-state index contributed by atoms with van der Waals surface area (Å²) >= 11 is 0. The number of hydrogen-bond acceptors (Lipinski definition) is 5. The number of aromatic hydroxyl groups is 1. The first-order valence-corrected chi connectivity index (χ1v) is 11.3. The van der Waals surface area contributed by atoms with E-state index in [9.17, 15) is 15.0 Å². The Morgan fingerprint density at radius 2 is 1.76 bits per heavy atom. The Bertz CT molecular complexity index is 1390. The molecule has 4 aromatic rings. The molecular weight excluding hydrogens is 430 g/mol. The minimum atomic E-state index is -0.942. The van der Waals surface area contributed by atoms with Gasteiger partial charge < -0.3 is 20.1 Å². The molecule has 0 radical (unpaired) electrons. The molecule has 1 aromatic heterocycles. The second-order valence-electron chi connectivity index (χ2n) is 9.52. The monoisotopic (exact) mass is 459 g/mol. The van der Waals surface area contributed by atoms with E-state index in [1.807, 2.05) is 42.5 Å². The molecule has 0 saturated heterocycles. The van der Waals surface area contributed by atoms with Gasteiger partial charge in [-0.3, -0.25) is 9.78 Å². The first kappa shape index (κ1) is 23.5. The lowest BCUT2D eigenvalue weighted by Gasteiger charge is -2.22. The molecule has 0 bridgehead atoms. The van der Waals surface area contributed by atoms with E-state index in [2.05, 4.69) is 4.98 Å². The van der Waals surface area contributed by atoms with Crippen molar-refractivity contribution in [3.63, 3.8) is 0 Å². The first-order chi connectivity index (χ1) is 16.1. The summed E-state index contributed by atoms with van der Waals surface area (Å²) in [4.78, 5) is 16.3. The fourth-order valence-electron chi connectivity index (χ4n) is 4.39. The largest absolute Gasteiger partial charge is 0.507 e. The highest BCUT2D eigenvalue weighted by atomic mass is 16.5. The van der Waals surface area contributed by atoms with Crippen LogP contribution in [0.15, 0.2) is 48.7 Å². The molecule has 1 aliphatic heterocycles. The van der Waals surface area contributed by atoms with Gasteiger partial charge in [0.15, 0.2) is 0 Å². The standard InChI is InChI=1S/C24H19NO4.C4H10O/c1-13-18(12-20(26)27)22(15-4-2-3-5-16(15)24(13)28)17-6-7-19-21-14(9-11-29-19)8-10-25-23(17)21;1-4(2,3)5/h2-8,10,28H,9,11-12H2,1H3,(H,26,27);5H,1-3H3. The Morgan fingerprint density at radius 1 is 1.09 bits per heavy atom. The third-order valence-electron chi connectivity index (χ3n) is 5.73. The summed E-state index contributed by atoms with van der Waals surface area (Å²) in [6.07, 6.45) is 2.43. The normalized spacial score (nSPS) is 12.7. The molecular formula is C28H29NO5. The number of aliphatic hydroxyl groups is 1. The van der Waals surface area contributed by atoms with Crippen molar-refractivity contribution in [2.24, 2.45) is 0 Å². The molecule has 0 fully saturated rings. The maximum atomic E-state index is 11.7. The summed E-state index contributed by atoms with van der Waals surface area (Å²) < 4.78 is 5.84. The maximum Gasteiger partial charge on any atom is 0.307 e. The molecule has 0 atom stereocenters. The molecule has 34 heavy (non-hydrogen) atoms. The average molecular weight is 460 g/mol. The average Bonchev–Trinajstić information content (AvgIpc) is 2.77. The number of phenolic OH excluding ortho intramolecular Hbond substituents is 1. The van der Waals surface area contributed by atoms with Crippen molar-refractivity contribution < 1.29 is 24.9 Å². The van der Waals surface area contributed by atoms with Crippen LogP contribution in [0.2, 0.25) is 0 Å². The van der Waals surface area contributed by atoms with Crippen LogP contribution in [-0.4, -0.2) is 38.5 Å². The molecule has 3 aromatic carbocycles. The van der Waals surface area contributed by atoms with E-state index in [4.69, 9.17) is 9.84 Å².